The smallest absolute Gasteiger partial charge is 0.257 e. The van der Waals surface area contributed by atoms with Crippen molar-refractivity contribution >= 4 is 11.8 Å². The van der Waals surface area contributed by atoms with Gasteiger partial charge in [-0.2, -0.15) is 0 Å². The lowest BCUT2D eigenvalue weighted by molar-refractivity contribution is -0.132. The topological polar surface area (TPSA) is 57.0 Å². The molecule has 2 amide bonds. The third-order valence-electron chi connectivity index (χ3n) is 4.61. The highest BCUT2D eigenvalue weighted by Gasteiger charge is 2.22. The van der Waals surface area contributed by atoms with Crippen LogP contribution in [0.5, 0.6) is 0 Å². The first-order valence-electron chi connectivity index (χ1n) is 9.68. The summed E-state index contributed by atoms with van der Waals surface area (Å²) >= 11 is 0. The zero-order chi connectivity index (χ0) is 20.5. The van der Waals surface area contributed by atoms with Crippen LogP contribution in [0.2, 0.25) is 0 Å². The molecule has 0 aliphatic rings. The quantitative estimate of drug-likeness (QED) is 0.631. The molecule has 0 fully saturated rings. The van der Waals surface area contributed by atoms with E-state index in [0.29, 0.717) is 31.6 Å². The summed E-state index contributed by atoms with van der Waals surface area (Å²) < 4.78 is 5.02. The van der Waals surface area contributed by atoms with Gasteiger partial charge in [-0.15, -0.1) is 0 Å². The first-order valence-corrected chi connectivity index (χ1v) is 9.68. The molecule has 1 heterocycles. The van der Waals surface area contributed by atoms with Gasteiger partial charge in [0.2, 0.25) is 5.91 Å². The highest BCUT2D eigenvalue weighted by Crippen LogP contribution is 2.12. The summed E-state index contributed by atoms with van der Waals surface area (Å²) in [5.41, 5.74) is 1.61. The fraction of sp³-hybridized carbons (Fsp3) is 0.455. The molecule has 0 aliphatic carbocycles. The second-order valence-corrected chi connectivity index (χ2v) is 7.46. The van der Waals surface area contributed by atoms with Gasteiger partial charge in [0.25, 0.3) is 5.91 Å². The van der Waals surface area contributed by atoms with Crippen LogP contribution in [0.4, 0.5) is 0 Å². The Morgan fingerprint density at radius 2 is 1.71 bits per heavy atom. The molecule has 2 aromatic rings. The van der Waals surface area contributed by atoms with Crippen molar-refractivity contribution in [2.24, 2.45) is 0 Å². The van der Waals surface area contributed by atoms with Gasteiger partial charge in [-0.1, -0.05) is 30.3 Å². The zero-order valence-electron chi connectivity index (χ0n) is 17.3. The third-order valence-corrected chi connectivity index (χ3v) is 4.61. The van der Waals surface area contributed by atoms with Crippen LogP contribution in [-0.2, 0) is 11.3 Å². The minimum atomic E-state index is -0.112. The van der Waals surface area contributed by atoms with Gasteiger partial charge in [-0.3, -0.25) is 9.59 Å². The number of likely N-dealkylation sites (N-methyl/N-ethyl adjacent to an activating group) is 1. The highest BCUT2D eigenvalue weighted by molar-refractivity contribution is 5.94. The number of carbonyl (C=O) groups excluding carboxylic acids is 2. The average Bonchev–Trinajstić information content (AvgIpc) is 3.20. The van der Waals surface area contributed by atoms with Crippen molar-refractivity contribution in [1.82, 2.24) is 14.7 Å². The molecule has 6 heteroatoms. The molecule has 0 N–H and O–H groups in total. The second kappa shape index (κ2) is 10.7. The molecule has 0 spiro atoms. The molecule has 28 heavy (non-hydrogen) atoms. The van der Waals surface area contributed by atoms with Crippen LogP contribution >= 0.6 is 0 Å². The maximum atomic E-state index is 12.9. The van der Waals surface area contributed by atoms with Gasteiger partial charge in [-0.05, 0) is 39.6 Å². The molecule has 6 nitrogen and oxygen atoms in total. The van der Waals surface area contributed by atoms with Crippen molar-refractivity contribution in [2.45, 2.75) is 32.9 Å². The molecule has 152 valence electrons. The second-order valence-electron chi connectivity index (χ2n) is 7.46. The van der Waals surface area contributed by atoms with Crippen molar-refractivity contribution in [2.75, 3.05) is 33.7 Å². The van der Waals surface area contributed by atoms with Crippen molar-refractivity contribution in [3.8, 4) is 0 Å². The third kappa shape index (κ3) is 6.53. The van der Waals surface area contributed by atoms with Gasteiger partial charge in [0.05, 0.1) is 11.8 Å². The van der Waals surface area contributed by atoms with E-state index in [-0.39, 0.29) is 17.9 Å². The Hall–Kier alpha value is -2.60. The summed E-state index contributed by atoms with van der Waals surface area (Å²) in [4.78, 5) is 31.3. The largest absolute Gasteiger partial charge is 0.472 e. The zero-order valence-corrected chi connectivity index (χ0v) is 17.3. The van der Waals surface area contributed by atoms with E-state index in [9.17, 15) is 9.59 Å². The Bertz CT molecular complexity index is 727. The molecule has 2 rings (SSSR count). The maximum absolute atomic E-state index is 12.9. The minimum Gasteiger partial charge on any atom is -0.472 e. The van der Waals surface area contributed by atoms with Gasteiger partial charge in [0.1, 0.15) is 6.26 Å². The molecule has 0 unspecified atom stereocenters. The van der Waals surface area contributed by atoms with E-state index in [2.05, 4.69) is 4.90 Å². The van der Waals surface area contributed by atoms with E-state index in [4.69, 9.17) is 4.42 Å². The monoisotopic (exact) mass is 385 g/mol. The van der Waals surface area contributed by atoms with Gasteiger partial charge < -0.3 is 19.1 Å². The number of rotatable bonds is 10. The van der Waals surface area contributed by atoms with Crippen LogP contribution in [0.3, 0.4) is 0 Å². The summed E-state index contributed by atoms with van der Waals surface area (Å²) in [5, 5.41) is 0. The molecule has 0 saturated heterocycles. The van der Waals surface area contributed by atoms with Gasteiger partial charge in [0.15, 0.2) is 0 Å². The van der Waals surface area contributed by atoms with Crippen molar-refractivity contribution < 1.29 is 14.0 Å². The van der Waals surface area contributed by atoms with E-state index in [1.54, 1.807) is 11.0 Å². The molecule has 0 saturated carbocycles. The fourth-order valence-corrected chi connectivity index (χ4v) is 2.94. The summed E-state index contributed by atoms with van der Waals surface area (Å²) in [5.74, 6) is -0.0594. The number of nitrogens with zero attached hydrogens (tertiary/aromatic N) is 3. The molecule has 0 radical (unpaired) electrons. The first-order chi connectivity index (χ1) is 13.4. The number of amides is 2. The fourth-order valence-electron chi connectivity index (χ4n) is 2.94. The summed E-state index contributed by atoms with van der Waals surface area (Å²) in [6, 6.07) is 11.6. The average molecular weight is 386 g/mol. The van der Waals surface area contributed by atoms with Crippen LogP contribution in [0.25, 0.3) is 0 Å². The standard InChI is InChI=1S/C22H31N3O3/c1-18(2)25(22(27)20-11-15-28-17-20)12-10-21(26)24(14-13-23(3)4)16-19-8-6-5-7-9-19/h5-9,11,15,17-18H,10,12-14,16H2,1-4H3. The van der Waals surface area contributed by atoms with Crippen LogP contribution < -0.4 is 0 Å². The Labute approximate surface area is 167 Å². The Kier molecular flexibility index (Phi) is 8.26. The molecule has 0 bridgehead atoms. The van der Waals surface area contributed by atoms with Gasteiger partial charge in [-0.25, -0.2) is 0 Å². The molecule has 0 aliphatic heterocycles. The van der Waals surface area contributed by atoms with E-state index >= 15 is 0 Å². The summed E-state index contributed by atoms with van der Waals surface area (Å²) in [6.07, 6.45) is 3.22. The molecule has 0 atom stereocenters. The van der Waals surface area contributed by atoms with Crippen LogP contribution in [0, 0.1) is 0 Å². The Morgan fingerprint density at radius 1 is 1.00 bits per heavy atom. The lowest BCUT2D eigenvalue weighted by atomic mass is 10.2. The number of benzene rings is 1. The lowest BCUT2D eigenvalue weighted by Crippen LogP contribution is -2.41. The summed E-state index contributed by atoms with van der Waals surface area (Å²) in [6.45, 7) is 6.31. The molecular weight excluding hydrogens is 354 g/mol. The first kappa shape index (κ1) is 21.7. The molecule has 1 aromatic carbocycles. The van der Waals surface area contributed by atoms with Gasteiger partial charge in [0, 0.05) is 38.6 Å². The normalized spacial score (nSPS) is 11.1. The molecular formula is C22H31N3O3. The Balaban J connectivity index is 2.02. The number of hydrogen-bond acceptors (Lipinski definition) is 4. The lowest BCUT2D eigenvalue weighted by Gasteiger charge is -2.29. The van der Waals surface area contributed by atoms with Crippen LogP contribution in [-0.4, -0.2) is 66.3 Å². The predicted octanol–water partition coefficient (Wildman–Crippen LogP) is 3.11. The molecule has 1 aromatic heterocycles. The van der Waals surface area contributed by atoms with Gasteiger partial charge >= 0.3 is 0 Å². The van der Waals surface area contributed by atoms with Crippen LogP contribution in [0.15, 0.2) is 53.3 Å². The number of hydrogen-bond donors (Lipinski definition) is 0. The predicted molar refractivity (Wildman–Crippen MR) is 110 cm³/mol. The number of carbonyl (C=O) groups is 2. The minimum absolute atomic E-state index is 0.000418. The summed E-state index contributed by atoms with van der Waals surface area (Å²) in [7, 11) is 3.99. The van der Waals surface area contributed by atoms with E-state index in [0.717, 1.165) is 12.1 Å². The van der Waals surface area contributed by atoms with E-state index < -0.39 is 0 Å². The van der Waals surface area contributed by atoms with Crippen molar-refractivity contribution in [3.05, 3.63) is 60.1 Å². The van der Waals surface area contributed by atoms with Crippen molar-refractivity contribution in [3.63, 3.8) is 0 Å². The Morgan fingerprint density at radius 3 is 2.29 bits per heavy atom. The van der Waals surface area contributed by atoms with E-state index in [1.165, 1.54) is 12.5 Å². The van der Waals surface area contributed by atoms with Crippen molar-refractivity contribution in [1.29, 1.82) is 0 Å². The maximum Gasteiger partial charge on any atom is 0.257 e. The SMILES string of the molecule is CC(C)N(CCC(=O)N(CCN(C)C)Cc1ccccc1)C(=O)c1ccoc1. The highest BCUT2D eigenvalue weighted by atomic mass is 16.3. The van der Waals surface area contributed by atoms with Crippen LogP contribution in [0.1, 0.15) is 36.2 Å². The van der Waals surface area contributed by atoms with E-state index in [1.807, 2.05) is 63.2 Å². The number of furan rings is 1.